The van der Waals surface area contributed by atoms with Crippen LogP contribution < -0.4 is 35.3 Å². The molecule has 0 N–H and O–H groups in total. The van der Waals surface area contributed by atoms with Crippen molar-refractivity contribution >= 4 is 22.9 Å². The van der Waals surface area contributed by atoms with Crippen LogP contribution in [-0.4, -0.2) is 0 Å². The molecule has 0 atom stereocenters. The van der Waals surface area contributed by atoms with Gasteiger partial charge >= 0.3 is 26.2 Å². The van der Waals surface area contributed by atoms with Crippen molar-refractivity contribution in [3.8, 4) is 0 Å². The fourth-order valence-electron chi connectivity index (χ4n) is 3.12. The first-order chi connectivity index (χ1) is 12.9. The first-order valence-electron chi connectivity index (χ1n) is 8.94. The van der Waals surface area contributed by atoms with E-state index >= 15 is 0 Å². The Morgan fingerprint density at radius 1 is 0.759 bits per heavy atom. The summed E-state index contributed by atoms with van der Waals surface area (Å²) in [4.78, 5) is 0. The van der Waals surface area contributed by atoms with E-state index in [-0.39, 0.29) is 51.0 Å². The molecule has 142 valence electrons. The zero-order valence-corrected chi connectivity index (χ0v) is 19.8. The topological polar surface area (TPSA) is 0 Å². The summed E-state index contributed by atoms with van der Waals surface area (Å²) < 4.78 is 0. The largest absolute Gasteiger partial charge is 4.00 e. The Hall–Kier alpha value is -1.79. The smallest absolute Gasteiger partial charge is 1.00 e. The van der Waals surface area contributed by atoms with Crippen molar-refractivity contribution in [1.82, 2.24) is 0 Å². The number of hydrogen-bond donors (Lipinski definition) is 0. The zero-order valence-electron chi connectivity index (χ0n) is 15.9. The van der Waals surface area contributed by atoms with Crippen LogP contribution in [0.25, 0.3) is 22.9 Å². The van der Waals surface area contributed by atoms with E-state index in [1.54, 1.807) is 0 Å². The van der Waals surface area contributed by atoms with Crippen molar-refractivity contribution in [2.45, 2.75) is 6.42 Å². The van der Waals surface area contributed by atoms with E-state index in [1.807, 2.05) is 6.07 Å². The average Bonchev–Trinajstić information content (AvgIpc) is 3.34. The van der Waals surface area contributed by atoms with Crippen LogP contribution in [0.3, 0.4) is 0 Å². The minimum Gasteiger partial charge on any atom is -1.00 e. The van der Waals surface area contributed by atoms with Gasteiger partial charge in [0.1, 0.15) is 0 Å². The number of rotatable bonds is 2. The van der Waals surface area contributed by atoms with Gasteiger partial charge in [-0.25, -0.2) is 0 Å². The Morgan fingerprint density at radius 2 is 1.45 bits per heavy atom. The summed E-state index contributed by atoms with van der Waals surface area (Å²) in [5.41, 5.74) is 2.53. The molecule has 0 aromatic heterocycles. The van der Waals surface area contributed by atoms with Crippen molar-refractivity contribution in [3.63, 3.8) is 0 Å². The summed E-state index contributed by atoms with van der Waals surface area (Å²) in [6.07, 6.45) is 8.80. The standard InChI is InChI=1S/C17H13.C9H7.2ClH.Zr/c1-2-6-14(7-3-1)10-11-15-12-16-8-4-5-9-17(16)13-15;1-2-5-9-7-3-6-8(9)4-1;;;/h1-9,11-12H,10H2;1-7H;2*1H;/q2*-1;;;+4/p-2. The molecule has 0 heterocycles. The van der Waals surface area contributed by atoms with Crippen LogP contribution in [0.15, 0.2) is 109 Å². The molecule has 0 fully saturated rings. The van der Waals surface area contributed by atoms with E-state index in [9.17, 15) is 0 Å². The maximum absolute atomic E-state index is 3.41. The van der Waals surface area contributed by atoms with Gasteiger partial charge in [-0.2, -0.15) is 17.5 Å². The molecule has 0 bridgehead atoms. The Balaban J connectivity index is 0.000000302. The first kappa shape index (κ1) is 25.2. The first-order valence-corrected chi connectivity index (χ1v) is 8.94. The molecule has 3 heteroatoms. The summed E-state index contributed by atoms with van der Waals surface area (Å²) in [7, 11) is 0. The van der Waals surface area contributed by atoms with Crippen LogP contribution in [0.1, 0.15) is 5.56 Å². The second kappa shape index (κ2) is 12.7. The van der Waals surface area contributed by atoms with E-state index < -0.39 is 0 Å². The Kier molecular flexibility index (Phi) is 11.1. The maximum atomic E-state index is 3.41. The fraction of sp³-hybridized carbons (Fsp3) is 0.0385. The average molecular weight is 495 g/mol. The van der Waals surface area contributed by atoms with Crippen molar-refractivity contribution < 1.29 is 51.0 Å². The van der Waals surface area contributed by atoms with Gasteiger partial charge in [-0.3, -0.25) is 0 Å². The molecule has 1 aliphatic rings. The van der Waals surface area contributed by atoms with Crippen LogP contribution in [0.4, 0.5) is 0 Å². The third-order valence-electron chi connectivity index (χ3n) is 4.50. The normalized spacial score (nSPS) is 12.1. The number of benzene rings is 3. The predicted octanol–water partition coefficient (Wildman–Crippen LogP) is -1.13. The molecular formula is C26H20Cl2Zr. The van der Waals surface area contributed by atoms with Crippen molar-refractivity contribution in [2.24, 2.45) is 0 Å². The van der Waals surface area contributed by atoms with Crippen LogP contribution in [0, 0.1) is 0 Å². The van der Waals surface area contributed by atoms with E-state index in [1.165, 1.54) is 32.3 Å². The van der Waals surface area contributed by atoms with E-state index in [0.29, 0.717) is 0 Å². The summed E-state index contributed by atoms with van der Waals surface area (Å²) in [5.74, 6) is 0. The zero-order chi connectivity index (χ0) is 17.6. The molecule has 0 radical (unpaired) electrons. The van der Waals surface area contributed by atoms with Crippen LogP contribution in [0.2, 0.25) is 0 Å². The van der Waals surface area contributed by atoms with Gasteiger partial charge in [0.2, 0.25) is 0 Å². The van der Waals surface area contributed by atoms with Gasteiger partial charge in [-0.1, -0.05) is 60.2 Å². The third-order valence-corrected chi connectivity index (χ3v) is 4.50. The number of hydrogen-bond acceptors (Lipinski definition) is 0. The summed E-state index contributed by atoms with van der Waals surface area (Å²) >= 11 is 0. The van der Waals surface area contributed by atoms with E-state index in [2.05, 4.69) is 109 Å². The van der Waals surface area contributed by atoms with Gasteiger partial charge in [0.15, 0.2) is 0 Å². The molecule has 4 aromatic rings. The molecule has 0 spiro atoms. The molecule has 0 amide bonds. The van der Waals surface area contributed by atoms with Gasteiger partial charge in [-0.05, 0) is 6.42 Å². The molecule has 29 heavy (non-hydrogen) atoms. The van der Waals surface area contributed by atoms with Gasteiger partial charge in [0, 0.05) is 0 Å². The number of allylic oxidation sites excluding steroid dienone is 2. The van der Waals surface area contributed by atoms with Crippen molar-refractivity contribution in [1.29, 1.82) is 0 Å². The summed E-state index contributed by atoms with van der Waals surface area (Å²) in [5, 5.41) is 5.13. The van der Waals surface area contributed by atoms with Crippen LogP contribution in [-0.2, 0) is 32.6 Å². The Bertz CT molecular complexity index is 1090. The molecule has 5 rings (SSSR count). The second-order valence-corrected chi connectivity index (χ2v) is 6.36. The van der Waals surface area contributed by atoms with Crippen molar-refractivity contribution in [3.05, 3.63) is 125 Å². The molecule has 0 unspecified atom stereocenters. The monoisotopic (exact) mass is 492 g/mol. The maximum Gasteiger partial charge on any atom is 4.00 e. The molecule has 0 nitrogen and oxygen atoms in total. The fourth-order valence-corrected chi connectivity index (χ4v) is 3.12. The minimum absolute atomic E-state index is 0. The van der Waals surface area contributed by atoms with Crippen LogP contribution in [0.5, 0.6) is 0 Å². The number of halogens is 2. The number of fused-ring (bicyclic) bond motifs is 2. The summed E-state index contributed by atoms with van der Waals surface area (Å²) in [6.45, 7) is 0. The molecule has 0 saturated carbocycles. The Morgan fingerprint density at radius 3 is 2.21 bits per heavy atom. The minimum atomic E-state index is 0. The predicted molar refractivity (Wildman–Crippen MR) is 111 cm³/mol. The van der Waals surface area contributed by atoms with Gasteiger partial charge in [-0.15, -0.1) is 70.0 Å². The third kappa shape index (κ3) is 6.89. The molecule has 0 saturated heterocycles. The van der Waals surface area contributed by atoms with Crippen LogP contribution >= 0.6 is 0 Å². The van der Waals surface area contributed by atoms with E-state index in [4.69, 9.17) is 0 Å². The molecule has 0 aliphatic heterocycles. The van der Waals surface area contributed by atoms with Crippen molar-refractivity contribution in [2.75, 3.05) is 0 Å². The van der Waals surface area contributed by atoms with Gasteiger partial charge in [0.05, 0.1) is 0 Å². The SMILES string of the molecule is [C-]1=c2ccccc2=CC1=CCc1ccccc1.[Cl-].[Cl-].[Zr+4].c1ccc2[cH-]ccc2c1. The quantitative estimate of drug-likeness (QED) is 0.310. The van der Waals surface area contributed by atoms with Gasteiger partial charge < -0.3 is 24.8 Å². The van der Waals surface area contributed by atoms with Gasteiger partial charge in [0.25, 0.3) is 0 Å². The molecule has 4 aromatic carbocycles. The summed E-state index contributed by atoms with van der Waals surface area (Å²) in [6, 6.07) is 33.5. The molecule has 1 aliphatic carbocycles. The van der Waals surface area contributed by atoms with E-state index in [0.717, 1.165) is 6.42 Å². The second-order valence-electron chi connectivity index (χ2n) is 6.36. The molecular weight excluding hydrogens is 474 g/mol. The Labute approximate surface area is 204 Å².